The van der Waals surface area contributed by atoms with E-state index in [9.17, 15) is 9.18 Å². The summed E-state index contributed by atoms with van der Waals surface area (Å²) in [6.45, 7) is 1.83. The number of benzene rings is 2. The van der Waals surface area contributed by atoms with Crippen molar-refractivity contribution in [1.82, 2.24) is 9.97 Å². The first-order chi connectivity index (χ1) is 12.6. The summed E-state index contributed by atoms with van der Waals surface area (Å²) in [5.41, 5.74) is 3.94. The first-order valence-electron chi connectivity index (χ1n) is 8.58. The molecule has 1 aliphatic carbocycles. The highest BCUT2D eigenvalue weighted by Crippen LogP contribution is 2.33. The Morgan fingerprint density at radius 2 is 1.73 bits per heavy atom. The van der Waals surface area contributed by atoms with Crippen molar-refractivity contribution < 1.29 is 9.18 Å². The van der Waals surface area contributed by atoms with E-state index >= 15 is 0 Å². The number of hydrogen-bond acceptors (Lipinski definition) is 4. The molecule has 1 aliphatic rings. The quantitative estimate of drug-likeness (QED) is 0.753. The second-order valence-corrected chi connectivity index (χ2v) is 6.53. The third-order valence-electron chi connectivity index (χ3n) is 4.69. The number of carbonyl (C=O) groups is 1. The highest BCUT2D eigenvalue weighted by atomic mass is 19.1. The number of nitrogens with one attached hydrogen (secondary N) is 1. The van der Waals surface area contributed by atoms with Crippen molar-refractivity contribution in [3.63, 3.8) is 0 Å². The number of rotatable bonds is 3. The van der Waals surface area contributed by atoms with E-state index in [1.54, 1.807) is 12.1 Å². The Hall–Kier alpha value is -3.08. The predicted octanol–water partition coefficient (Wildman–Crippen LogP) is 4.58. The molecule has 4 rings (SSSR count). The molecule has 4 nitrogen and oxygen atoms in total. The minimum Gasteiger partial charge on any atom is -0.324 e. The first kappa shape index (κ1) is 16.4. The molecule has 2 aromatic carbocycles. The van der Waals surface area contributed by atoms with Gasteiger partial charge in [0.25, 0.3) is 0 Å². The Kier molecular flexibility index (Phi) is 4.21. The third kappa shape index (κ3) is 3.20. The van der Waals surface area contributed by atoms with E-state index < -0.39 is 0 Å². The van der Waals surface area contributed by atoms with Crippen molar-refractivity contribution in [1.29, 1.82) is 0 Å². The van der Waals surface area contributed by atoms with Crippen LogP contribution in [0.4, 0.5) is 16.0 Å². The zero-order chi connectivity index (χ0) is 18.1. The van der Waals surface area contributed by atoms with Gasteiger partial charge in [-0.25, -0.2) is 14.4 Å². The van der Waals surface area contributed by atoms with Crippen LogP contribution in [0.25, 0.3) is 0 Å². The van der Waals surface area contributed by atoms with Gasteiger partial charge in [-0.05, 0) is 49.1 Å². The van der Waals surface area contributed by atoms with Crippen molar-refractivity contribution in [3.8, 4) is 0 Å². The summed E-state index contributed by atoms with van der Waals surface area (Å²) in [5.74, 6) is 0.346. The van der Waals surface area contributed by atoms with Gasteiger partial charge in [-0.2, -0.15) is 0 Å². The van der Waals surface area contributed by atoms with E-state index in [2.05, 4.69) is 27.4 Å². The molecule has 5 heteroatoms. The topological polar surface area (TPSA) is 54.9 Å². The molecule has 0 spiro atoms. The summed E-state index contributed by atoms with van der Waals surface area (Å²) in [6.07, 6.45) is 1.18. The van der Waals surface area contributed by atoms with Gasteiger partial charge in [0.1, 0.15) is 5.82 Å². The lowest BCUT2D eigenvalue weighted by atomic mass is 9.81. The van der Waals surface area contributed by atoms with Crippen LogP contribution in [0.2, 0.25) is 0 Å². The maximum absolute atomic E-state index is 13.1. The van der Waals surface area contributed by atoms with Gasteiger partial charge in [0.05, 0.1) is 17.0 Å². The van der Waals surface area contributed by atoms with Gasteiger partial charge >= 0.3 is 0 Å². The Morgan fingerprint density at radius 1 is 1.00 bits per heavy atom. The maximum atomic E-state index is 13.1. The van der Waals surface area contributed by atoms with Crippen LogP contribution in [-0.2, 0) is 6.42 Å². The number of aryl methyl sites for hydroxylation is 1. The molecule has 130 valence electrons. The average molecular weight is 347 g/mol. The van der Waals surface area contributed by atoms with E-state index in [0.717, 1.165) is 11.3 Å². The lowest BCUT2D eigenvalue weighted by Crippen LogP contribution is -2.22. The number of fused-ring (bicyclic) bond motifs is 1. The SMILES string of the molecule is Cc1nc(Nc2ccc(F)cc2)nc2c1C(=O)CC(c1ccccc1)C2. The number of nitrogens with zero attached hydrogens (tertiary/aromatic N) is 2. The fourth-order valence-electron chi connectivity index (χ4n) is 3.45. The zero-order valence-electron chi connectivity index (χ0n) is 14.4. The van der Waals surface area contributed by atoms with Gasteiger partial charge in [-0.3, -0.25) is 4.79 Å². The highest BCUT2D eigenvalue weighted by Gasteiger charge is 2.29. The summed E-state index contributed by atoms with van der Waals surface area (Å²) in [5, 5.41) is 3.09. The number of Topliss-reactive ketones (excluding diaryl/α,β-unsaturated/α-hetero) is 1. The molecule has 0 aliphatic heterocycles. The molecule has 1 heterocycles. The fraction of sp³-hybridized carbons (Fsp3) is 0.190. The minimum atomic E-state index is -0.297. The molecule has 3 aromatic rings. The molecule has 0 saturated carbocycles. The van der Waals surface area contributed by atoms with Crippen molar-refractivity contribution in [2.75, 3.05) is 5.32 Å². The Balaban J connectivity index is 1.66. The number of carbonyl (C=O) groups excluding carboxylic acids is 1. The van der Waals surface area contributed by atoms with Crippen LogP contribution in [0.1, 0.15) is 39.6 Å². The molecular formula is C21H18FN3O. The summed E-state index contributed by atoms with van der Waals surface area (Å²) >= 11 is 0. The van der Waals surface area contributed by atoms with Crippen molar-refractivity contribution in [2.45, 2.75) is 25.7 Å². The van der Waals surface area contributed by atoms with Crippen LogP contribution in [0, 0.1) is 12.7 Å². The zero-order valence-corrected chi connectivity index (χ0v) is 14.4. The Bertz CT molecular complexity index is 955. The Labute approximate surface area is 151 Å². The predicted molar refractivity (Wildman–Crippen MR) is 98.3 cm³/mol. The number of ketones is 1. The first-order valence-corrected chi connectivity index (χ1v) is 8.58. The molecule has 0 saturated heterocycles. The molecule has 1 unspecified atom stereocenters. The van der Waals surface area contributed by atoms with Crippen LogP contribution >= 0.6 is 0 Å². The summed E-state index contributed by atoms with van der Waals surface area (Å²) < 4.78 is 13.1. The summed E-state index contributed by atoms with van der Waals surface area (Å²) in [6, 6.07) is 16.1. The summed E-state index contributed by atoms with van der Waals surface area (Å²) in [4.78, 5) is 21.7. The molecule has 1 N–H and O–H groups in total. The van der Waals surface area contributed by atoms with E-state index in [4.69, 9.17) is 0 Å². The lowest BCUT2D eigenvalue weighted by molar-refractivity contribution is 0.0962. The largest absolute Gasteiger partial charge is 0.324 e. The van der Waals surface area contributed by atoms with Crippen molar-refractivity contribution in [3.05, 3.63) is 82.9 Å². The second kappa shape index (κ2) is 6.67. The van der Waals surface area contributed by atoms with E-state index in [1.807, 2.05) is 25.1 Å². The second-order valence-electron chi connectivity index (χ2n) is 6.53. The smallest absolute Gasteiger partial charge is 0.227 e. The standard InChI is InChI=1S/C21H18FN3O/c1-13-20-18(11-15(12-19(20)26)14-5-3-2-4-6-14)25-21(23-13)24-17-9-7-16(22)8-10-17/h2-10,15H,11-12H2,1H3,(H,23,24,25). The van der Waals surface area contributed by atoms with Crippen molar-refractivity contribution in [2.24, 2.45) is 0 Å². The molecule has 26 heavy (non-hydrogen) atoms. The molecule has 0 amide bonds. The van der Waals surface area contributed by atoms with E-state index in [-0.39, 0.29) is 17.5 Å². The van der Waals surface area contributed by atoms with Crippen LogP contribution in [-0.4, -0.2) is 15.8 Å². The maximum Gasteiger partial charge on any atom is 0.227 e. The van der Waals surface area contributed by atoms with Gasteiger partial charge < -0.3 is 5.32 Å². The summed E-state index contributed by atoms with van der Waals surface area (Å²) in [7, 11) is 0. The van der Waals surface area contributed by atoms with Crippen molar-refractivity contribution >= 4 is 17.4 Å². The molecule has 1 atom stereocenters. The lowest BCUT2D eigenvalue weighted by Gasteiger charge is -2.24. The van der Waals surface area contributed by atoms with Crippen LogP contribution < -0.4 is 5.32 Å². The van der Waals surface area contributed by atoms with Gasteiger partial charge in [-0.1, -0.05) is 30.3 Å². The van der Waals surface area contributed by atoms with Crippen LogP contribution in [0.5, 0.6) is 0 Å². The average Bonchev–Trinajstić information content (AvgIpc) is 2.64. The normalized spacial score (nSPS) is 16.2. The van der Waals surface area contributed by atoms with Gasteiger partial charge in [0, 0.05) is 12.1 Å². The van der Waals surface area contributed by atoms with Gasteiger partial charge in [0.2, 0.25) is 5.95 Å². The minimum absolute atomic E-state index is 0.0888. The number of halogens is 1. The van der Waals surface area contributed by atoms with Gasteiger partial charge in [0.15, 0.2) is 5.78 Å². The van der Waals surface area contributed by atoms with Crippen LogP contribution in [0.15, 0.2) is 54.6 Å². The number of anilines is 2. The van der Waals surface area contributed by atoms with Gasteiger partial charge in [-0.15, -0.1) is 0 Å². The van der Waals surface area contributed by atoms with E-state index in [1.165, 1.54) is 12.1 Å². The number of aromatic nitrogens is 2. The molecule has 1 aromatic heterocycles. The highest BCUT2D eigenvalue weighted by molar-refractivity contribution is 5.99. The molecule has 0 bridgehead atoms. The monoisotopic (exact) mass is 347 g/mol. The number of hydrogen-bond donors (Lipinski definition) is 1. The fourth-order valence-corrected chi connectivity index (χ4v) is 3.45. The molecule has 0 radical (unpaired) electrons. The Morgan fingerprint density at radius 3 is 2.46 bits per heavy atom. The third-order valence-corrected chi connectivity index (χ3v) is 4.69. The molecular weight excluding hydrogens is 329 g/mol. The molecule has 0 fully saturated rings. The van der Waals surface area contributed by atoms with E-state index in [0.29, 0.717) is 35.7 Å². The van der Waals surface area contributed by atoms with Crippen LogP contribution in [0.3, 0.4) is 0 Å².